The van der Waals surface area contributed by atoms with Crippen LogP contribution in [0.5, 0.6) is 5.75 Å². The fourth-order valence-corrected chi connectivity index (χ4v) is 3.62. The van der Waals surface area contributed by atoms with Crippen molar-refractivity contribution in [3.05, 3.63) is 30.2 Å². The van der Waals surface area contributed by atoms with Crippen molar-refractivity contribution in [2.75, 3.05) is 46.4 Å². The number of hydrogen-bond donors (Lipinski definition) is 1. The lowest BCUT2D eigenvalue weighted by atomic mass is 10.1. The molecule has 2 aliphatic heterocycles. The summed E-state index contributed by atoms with van der Waals surface area (Å²) in [5, 5.41) is 7.34. The van der Waals surface area contributed by atoms with E-state index < -0.39 is 0 Å². The quantitative estimate of drug-likeness (QED) is 0.754. The Hall–Kier alpha value is -1.87. The van der Waals surface area contributed by atoms with Crippen LogP contribution in [0.25, 0.3) is 11.4 Å². The van der Waals surface area contributed by atoms with E-state index in [1.165, 1.54) is 0 Å². The summed E-state index contributed by atoms with van der Waals surface area (Å²) in [6.45, 7) is 5.54. The van der Waals surface area contributed by atoms with Crippen molar-refractivity contribution < 1.29 is 14.1 Å². The zero-order valence-corrected chi connectivity index (χ0v) is 18.0. The smallest absolute Gasteiger partial charge is 0.241 e. The summed E-state index contributed by atoms with van der Waals surface area (Å²) in [5.74, 6) is 2.41. The number of halogens is 2. The highest BCUT2D eigenvalue weighted by Crippen LogP contribution is 2.20. The first-order valence-electron chi connectivity index (χ1n) is 9.42. The van der Waals surface area contributed by atoms with Gasteiger partial charge in [-0.25, -0.2) is 0 Å². The van der Waals surface area contributed by atoms with Gasteiger partial charge in [0.05, 0.1) is 19.6 Å². The molecule has 1 N–H and O–H groups in total. The van der Waals surface area contributed by atoms with Gasteiger partial charge in [-0.15, -0.1) is 24.8 Å². The number of ether oxygens (including phenoxy) is 1. The minimum Gasteiger partial charge on any atom is -0.497 e. The minimum atomic E-state index is 0. The molecular formula is C19H27Cl2N5O3. The highest BCUT2D eigenvalue weighted by atomic mass is 35.5. The Morgan fingerprint density at radius 3 is 2.55 bits per heavy atom. The van der Waals surface area contributed by atoms with Crippen molar-refractivity contribution in [3.63, 3.8) is 0 Å². The number of hydrogen-bond acceptors (Lipinski definition) is 7. The normalized spacial score (nSPS) is 19.3. The van der Waals surface area contributed by atoms with Gasteiger partial charge in [-0.1, -0.05) is 5.16 Å². The maximum absolute atomic E-state index is 12.5. The molecule has 160 valence electrons. The van der Waals surface area contributed by atoms with Crippen LogP contribution in [0.15, 0.2) is 28.8 Å². The van der Waals surface area contributed by atoms with E-state index in [0.29, 0.717) is 24.2 Å². The Balaban J connectivity index is 0.00000150. The summed E-state index contributed by atoms with van der Waals surface area (Å²) in [4.78, 5) is 21.2. The van der Waals surface area contributed by atoms with Crippen LogP contribution in [0.1, 0.15) is 12.3 Å². The van der Waals surface area contributed by atoms with E-state index in [4.69, 9.17) is 9.26 Å². The van der Waals surface area contributed by atoms with Gasteiger partial charge in [-0.3, -0.25) is 9.69 Å². The number of carbonyl (C=O) groups is 1. The molecule has 2 fully saturated rings. The molecule has 4 rings (SSSR count). The Kier molecular flexibility index (Phi) is 8.70. The molecule has 29 heavy (non-hydrogen) atoms. The Morgan fingerprint density at radius 2 is 1.93 bits per heavy atom. The van der Waals surface area contributed by atoms with E-state index in [-0.39, 0.29) is 30.7 Å². The molecule has 2 saturated heterocycles. The molecule has 2 aliphatic rings. The number of benzene rings is 1. The van der Waals surface area contributed by atoms with Crippen molar-refractivity contribution in [2.24, 2.45) is 5.92 Å². The van der Waals surface area contributed by atoms with E-state index in [1.54, 1.807) is 7.11 Å². The first kappa shape index (κ1) is 23.4. The monoisotopic (exact) mass is 443 g/mol. The van der Waals surface area contributed by atoms with Crippen molar-refractivity contribution >= 4 is 30.7 Å². The number of nitrogens with zero attached hydrogens (tertiary/aromatic N) is 4. The van der Waals surface area contributed by atoms with Gasteiger partial charge in [0.1, 0.15) is 5.75 Å². The Labute approximate surface area is 182 Å². The molecular weight excluding hydrogens is 417 g/mol. The van der Waals surface area contributed by atoms with Gasteiger partial charge in [0, 0.05) is 38.3 Å². The van der Waals surface area contributed by atoms with Crippen LogP contribution in [-0.4, -0.2) is 72.2 Å². The van der Waals surface area contributed by atoms with Crippen LogP contribution in [0.4, 0.5) is 0 Å². The van der Waals surface area contributed by atoms with Gasteiger partial charge in [0.2, 0.25) is 17.6 Å². The maximum atomic E-state index is 12.5. The lowest BCUT2D eigenvalue weighted by Crippen LogP contribution is -2.50. The van der Waals surface area contributed by atoms with Gasteiger partial charge in [0.25, 0.3) is 0 Å². The predicted octanol–water partition coefficient (Wildman–Crippen LogP) is 1.84. The second-order valence-electron chi connectivity index (χ2n) is 7.03. The third-order valence-electron chi connectivity index (χ3n) is 5.27. The SMILES string of the molecule is COc1ccc(-c2noc(CN3CCN(C(=O)C4CCNC4)CC3)n2)cc1.Cl.Cl. The molecule has 0 radical (unpaired) electrons. The highest BCUT2D eigenvalue weighted by Gasteiger charge is 2.29. The van der Waals surface area contributed by atoms with Crippen LogP contribution in [0.3, 0.4) is 0 Å². The fraction of sp³-hybridized carbons (Fsp3) is 0.526. The van der Waals surface area contributed by atoms with Crippen molar-refractivity contribution in [3.8, 4) is 17.1 Å². The van der Waals surface area contributed by atoms with Crippen LogP contribution < -0.4 is 10.1 Å². The molecule has 1 aromatic heterocycles. The topological polar surface area (TPSA) is 83.7 Å². The van der Waals surface area contributed by atoms with Gasteiger partial charge >= 0.3 is 0 Å². The molecule has 2 aromatic rings. The summed E-state index contributed by atoms with van der Waals surface area (Å²) in [7, 11) is 1.64. The van der Waals surface area contributed by atoms with E-state index in [1.807, 2.05) is 29.2 Å². The molecule has 1 amide bonds. The molecule has 1 aromatic carbocycles. The third-order valence-corrected chi connectivity index (χ3v) is 5.27. The van der Waals surface area contributed by atoms with Crippen molar-refractivity contribution in [1.82, 2.24) is 25.3 Å². The van der Waals surface area contributed by atoms with Gasteiger partial charge in [-0.2, -0.15) is 4.98 Å². The number of rotatable bonds is 5. The van der Waals surface area contributed by atoms with Crippen LogP contribution in [0, 0.1) is 5.92 Å². The number of amides is 1. The Bertz CT molecular complexity index is 772. The number of methoxy groups -OCH3 is 1. The molecule has 0 bridgehead atoms. The lowest BCUT2D eigenvalue weighted by molar-refractivity contribution is -0.136. The first-order valence-corrected chi connectivity index (χ1v) is 9.42. The summed E-state index contributed by atoms with van der Waals surface area (Å²) in [6.07, 6.45) is 0.954. The lowest BCUT2D eigenvalue weighted by Gasteiger charge is -2.35. The second-order valence-corrected chi connectivity index (χ2v) is 7.03. The first-order chi connectivity index (χ1) is 13.2. The van der Waals surface area contributed by atoms with Gasteiger partial charge in [-0.05, 0) is 37.2 Å². The van der Waals surface area contributed by atoms with Crippen LogP contribution >= 0.6 is 24.8 Å². The van der Waals surface area contributed by atoms with Crippen molar-refractivity contribution in [1.29, 1.82) is 0 Å². The molecule has 0 saturated carbocycles. The summed E-state index contributed by atoms with van der Waals surface area (Å²) >= 11 is 0. The third kappa shape index (κ3) is 5.60. The fourth-order valence-electron chi connectivity index (χ4n) is 3.62. The molecule has 3 heterocycles. The van der Waals surface area contributed by atoms with E-state index in [2.05, 4.69) is 20.4 Å². The zero-order valence-electron chi connectivity index (χ0n) is 16.4. The highest BCUT2D eigenvalue weighted by molar-refractivity contribution is 5.85. The second kappa shape index (κ2) is 10.8. The largest absolute Gasteiger partial charge is 0.497 e. The van der Waals surface area contributed by atoms with E-state index in [0.717, 1.165) is 57.0 Å². The zero-order chi connectivity index (χ0) is 18.6. The van der Waals surface area contributed by atoms with Crippen LogP contribution in [-0.2, 0) is 11.3 Å². The molecule has 0 aliphatic carbocycles. The Morgan fingerprint density at radius 1 is 1.21 bits per heavy atom. The summed E-state index contributed by atoms with van der Waals surface area (Å²) < 4.78 is 10.6. The number of carbonyl (C=O) groups excluding carboxylic acids is 1. The average Bonchev–Trinajstić information content (AvgIpc) is 3.40. The summed E-state index contributed by atoms with van der Waals surface area (Å²) in [5.41, 5.74) is 0.895. The molecule has 0 spiro atoms. The van der Waals surface area contributed by atoms with Crippen molar-refractivity contribution in [2.45, 2.75) is 13.0 Å². The average molecular weight is 444 g/mol. The van der Waals surface area contributed by atoms with Gasteiger partial charge < -0.3 is 19.5 Å². The standard InChI is InChI=1S/C19H25N5O3.2ClH/c1-26-16-4-2-14(3-5-16)18-21-17(27-22-18)13-23-8-10-24(11-9-23)19(25)15-6-7-20-12-15;;/h2-5,15,20H,6-13H2,1H3;2*1H. The molecule has 10 heteroatoms. The maximum Gasteiger partial charge on any atom is 0.241 e. The predicted molar refractivity (Wildman–Crippen MR) is 114 cm³/mol. The number of piperazine rings is 1. The molecule has 1 atom stereocenters. The van der Waals surface area contributed by atoms with Gasteiger partial charge in [0.15, 0.2) is 0 Å². The number of nitrogens with one attached hydrogen (secondary N) is 1. The molecule has 8 nitrogen and oxygen atoms in total. The number of aromatic nitrogens is 2. The minimum absolute atomic E-state index is 0. The van der Waals surface area contributed by atoms with Crippen LogP contribution in [0.2, 0.25) is 0 Å². The van der Waals surface area contributed by atoms with E-state index >= 15 is 0 Å². The molecule has 1 unspecified atom stereocenters. The summed E-state index contributed by atoms with van der Waals surface area (Å²) in [6, 6.07) is 7.58. The van der Waals surface area contributed by atoms with E-state index in [9.17, 15) is 4.79 Å².